The van der Waals surface area contributed by atoms with Crippen LogP contribution in [0.15, 0.2) is 35.9 Å². The van der Waals surface area contributed by atoms with Crippen molar-refractivity contribution >= 4 is 5.97 Å². The van der Waals surface area contributed by atoms with Gasteiger partial charge in [-0.2, -0.15) is 0 Å². The number of carbonyl (C=O) groups is 1. The second kappa shape index (κ2) is 11.4. The highest BCUT2D eigenvalue weighted by atomic mass is 16.5. The highest BCUT2D eigenvalue weighted by Crippen LogP contribution is 2.32. The van der Waals surface area contributed by atoms with Gasteiger partial charge in [-0.1, -0.05) is 51.1 Å². The number of aliphatic hydroxyl groups excluding tert-OH is 4. The summed E-state index contributed by atoms with van der Waals surface area (Å²) < 4.78 is 5.75. The highest BCUT2D eigenvalue weighted by Gasteiger charge is 2.34. The van der Waals surface area contributed by atoms with Gasteiger partial charge < -0.3 is 25.2 Å². The second-order valence-electron chi connectivity index (χ2n) is 9.81. The molecule has 2 bridgehead atoms. The molecule has 0 fully saturated rings. The normalized spacial score (nSPS) is 30.8. The topological polar surface area (TPSA) is 107 Å². The number of rotatable bonds is 4. The molecule has 0 aliphatic carbocycles. The fraction of sp³-hybridized carbons (Fsp3) is 0.654. The molecule has 180 valence electrons. The molecule has 32 heavy (non-hydrogen) atoms. The van der Waals surface area contributed by atoms with Crippen LogP contribution in [-0.2, 0) is 21.4 Å². The summed E-state index contributed by atoms with van der Waals surface area (Å²) in [6, 6.07) is 7.65. The number of esters is 1. The Morgan fingerprint density at radius 1 is 1.25 bits per heavy atom. The van der Waals surface area contributed by atoms with E-state index < -0.39 is 41.7 Å². The third kappa shape index (κ3) is 6.64. The number of cyclic esters (lactones) is 1. The first-order valence-corrected chi connectivity index (χ1v) is 11.6. The van der Waals surface area contributed by atoms with Crippen LogP contribution < -0.4 is 0 Å². The average Bonchev–Trinajstić information content (AvgIpc) is 2.75. The van der Waals surface area contributed by atoms with E-state index in [9.17, 15) is 25.2 Å². The number of ether oxygens (including phenoxy) is 1. The number of hydrogen-bond acceptors (Lipinski definition) is 6. The maximum absolute atomic E-state index is 12.8. The van der Waals surface area contributed by atoms with Crippen molar-refractivity contribution < 1.29 is 30.0 Å². The minimum Gasteiger partial charge on any atom is -0.457 e. The van der Waals surface area contributed by atoms with Crippen LogP contribution in [0.5, 0.6) is 0 Å². The van der Waals surface area contributed by atoms with Gasteiger partial charge in [0.15, 0.2) is 0 Å². The van der Waals surface area contributed by atoms with Crippen LogP contribution in [0.25, 0.3) is 0 Å². The lowest BCUT2D eigenvalue weighted by Crippen LogP contribution is -2.39. The third-order valence-electron chi connectivity index (χ3n) is 6.90. The number of benzene rings is 1. The van der Waals surface area contributed by atoms with Crippen molar-refractivity contribution in [2.75, 3.05) is 6.61 Å². The van der Waals surface area contributed by atoms with Crippen LogP contribution in [0, 0.1) is 11.8 Å². The van der Waals surface area contributed by atoms with E-state index in [0.717, 1.165) is 23.1 Å². The molecule has 0 saturated carbocycles. The van der Waals surface area contributed by atoms with Gasteiger partial charge in [-0.3, -0.25) is 4.79 Å². The van der Waals surface area contributed by atoms with E-state index in [1.807, 2.05) is 58.0 Å². The Kier molecular flexibility index (Phi) is 9.46. The molecule has 1 heterocycles. The first-order chi connectivity index (χ1) is 15.0. The number of aliphatic hydroxyl groups is 4. The molecule has 0 spiro atoms. The summed E-state index contributed by atoms with van der Waals surface area (Å²) in [7, 11) is 0. The molecule has 6 heteroatoms. The second-order valence-corrected chi connectivity index (χ2v) is 9.81. The van der Waals surface area contributed by atoms with Gasteiger partial charge in [0.1, 0.15) is 6.10 Å². The Hall–Kier alpha value is -1.73. The Morgan fingerprint density at radius 3 is 2.56 bits per heavy atom. The smallest absolute Gasteiger partial charge is 0.311 e. The zero-order valence-corrected chi connectivity index (χ0v) is 20.0. The SMILES string of the molecule is CC[C@H](/C=C(/C)[C@@H]1C[C@@H](O)C[C@H](O)C(C)(C)c2cccc(c2)C[C@@H](O)[C@H](C)C(=O)O1)CO. The lowest BCUT2D eigenvalue weighted by molar-refractivity contribution is -0.156. The molecule has 1 aromatic carbocycles. The minimum atomic E-state index is -0.926. The molecular weight excluding hydrogens is 408 g/mol. The molecule has 1 aromatic rings. The van der Waals surface area contributed by atoms with Gasteiger partial charge in [-0.05, 0) is 43.4 Å². The fourth-order valence-corrected chi connectivity index (χ4v) is 4.12. The zero-order chi connectivity index (χ0) is 24.1. The van der Waals surface area contributed by atoms with Gasteiger partial charge in [0.25, 0.3) is 0 Å². The highest BCUT2D eigenvalue weighted by molar-refractivity contribution is 5.73. The summed E-state index contributed by atoms with van der Waals surface area (Å²) in [5, 5.41) is 42.0. The standard InChI is InChI=1S/C26H40O6/c1-6-18(15-27)10-16(2)23-13-21(28)14-24(30)26(4,5)20-9-7-8-19(11-20)12-22(29)17(3)25(31)32-23/h7-11,17-18,21-24,27-30H,6,12-15H2,1-5H3/b16-10-/t17-,18+,21+,22+,23-,24-/m0/s1. The molecule has 6 nitrogen and oxygen atoms in total. The summed E-state index contributed by atoms with van der Waals surface area (Å²) in [5.74, 6) is -1.35. The van der Waals surface area contributed by atoms with Crippen LogP contribution in [-0.4, -0.2) is 57.4 Å². The molecular formula is C26H40O6. The van der Waals surface area contributed by atoms with Gasteiger partial charge in [0.2, 0.25) is 0 Å². The number of hydrogen-bond donors (Lipinski definition) is 4. The summed E-state index contributed by atoms with van der Waals surface area (Å²) in [5.41, 5.74) is 1.91. The quantitative estimate of drug-likeness (QED) is 0.417. The fourth-order valence-electron chi connectivity index (χ4n) is 4.12. The van der Waals surface area contributed by atoms with Crippen molar-refractivity contribution in [3.8, 4) is 0 Å². The minimum absolute atomic E-state index is 0.0170. The van der Waals surface area contributed by atoms with E-state index in [4.69, 9.17) is 4.74 Å². The summed E-state index contributed by atoms with van der Waals surface area (Å²) in [6.45, 7) is 9.28. The summed E-state index contributed by atoms with van der Waals surface area (Å²) >= 11 is 0. The van der Waals surface area contributed by atoms with Crippen LogP contribution in [0.2, 0.25) is 0 Å². The van der Waals surface area contributed by atoms with E-state index >= 15 is 0 Å². The number of fused-ring (bicyclic) bond motifs is 2. The third-order valence-corrected chi connectivity index (χ3v) is 6.90. The molecule has 1 aliphatic heterocycles. The van der Waals surface area contributed by atoms with Crippen molar-refractivity contribution in [2.45, 2.75) is 90.1 Å². The van der Waals surface area contributed by atoms with Crippen LogP contribution in [0.3, 0.4) is 0 Å². The zero-order valence-electron chi connectivity index (χ0n) is 20.0. The van der Waals surface area contributed by atoms with Crippen molar-refractivity contribution in [2.24, 2.45) is 11.8 Å². The van der Waals surface area contributed by atoms with E-state index in [1.54, 1.807) is 6.92 Å². The van der Waals surface area contributed by atoms with E-state index in [2.05, 4.69) is 0 Å². The Labute approximate surface area is 191 Å². The lowest BCUT2D eigenvalue weighted by Gasteiger charge is -2.34. The van der Waals surface area contributed by atoms with Crippen LogP contribution in [0.1, 0.15) is 65.0 Å². The van der Waals surface area contributed by atoms with Crippen molar-refractivity contribution in [1.82, 2.24) is 0 Å². The predicted molar refractivity (Wildman–Crippen MR) is 124 cm³/mol. The summed E-state index contributed by atoms with van der Waals surface area (Å²) in [4.78, 5) is 12.8. The van der Waals surface area contributed by atoms with Gasteiger partial charge in [-0.25, -0.2) is 0 Å². The molecule has 0 aromatic heterocycles. The molecule has 0 unspecified atom stereocenters. The first kappa shape index (κ1) is 26.5. The molecule has 2 rings (SSSR count). The van der Waals surface area contributed by atoms with Crippen molar-refractivity contribution in [3.63, 3.8) is 0 Å². The van der Waals surface area contributed by atoms with E-state index in [0.29, 0.717) is 6.42 Å². The average molecular weight is 449 g/mol. The van der Waals surface area contributed by atoms with Crippen molar-refractivity contribution in [1.29, 1.82) is 0 Å². The summed E-state index contributed by atoms with van der Waals surface area (Å²) in [6.07, 6.45) is -0.183. The molecule has 6 atom stereocenters. The Morgan fingerprint density at radius 2 is 1.94 bits per heavy atom. The van der Waals surface area contributed by atoms with Gasteiger partial charge in [-0.15, -0.1) is 0 Å². The Bertz CT molecular complexity index is 782. The maximum atomic E-state index is 12.8. The maximum Gasteiger partial charge on any atom is 0.311 e. The lowest BCUT2D eigenvalue weighted by atomic mass is 9.76. The molecule has 0 amide bonds. The van der Waals surface area contributed by atoms with E-state index in [1.165, 1.54) is 0 Å². The van der Waals surface area contributed by atoms with E-state index in [-0.39, 0.29) is 25.4 Å². The predicted octanol–water partition coefficient (Wildman–Crippen LogP) is 2.90. The molecule has 0 saturated heterocycles. The monoisotopic (exact) mass is 448 g/mol. The van der Waals surface area contributed by atoms with Crippen LogP contribution >= 0.6 is 0 Å². The molecule has 4 N–H and O–H groups in total. The van der Waals surface area contributed by atoms with Gasteiger partial charge in [0.05, 0.1) is 24.2 Å². The molecule has 1 aliphatic rings. The first-order valence-electron chi connectivity index (χ1n) is 11.6. The Balaban J connectivity index is 2.42. The van der Waals surface area contributed by atoms with Gasteiger partial charge in [0, 0.05) is 30.8 Å². The molecule has 0 radical (unpaired) electrons. The largest absolute Gasteiger partial charge is 0.457 e. The van der Waals surface area contributed by atoms with Crippen LogP contribution in [0.4, 0.5) is 0 Å². The number of carbonyl (C=O) groups excluding carboxylic acids is 1. The van der Waals surface area contributed by atoms with Gasteiger partial charge >= 0.3 is 5.97 Å². The van der Waals surface area contributed by atoms with Crippen molar-refractivity contribution in [3.05, 3.63) is 47.0 Å².